The third-order valence-corrected chi connectivity index (χ3v) is 4.91. The molecule has 100 valence electrons. The lowest BCUT2D eigenvalue weighted by Gasteiger charge is -2.39. The molecule has 3 unspecified atom stereocenters. The van der Waals surface area contributed by atoms with E-state index in [4.69, 9.17) is 5.73 Å². The van der Waals surface area contributed by atoms with Crippen LogP contribution in [-0.4, -0.2) is 0 Å². The van der Waals surface area contributed by atoms with Crippen molar-refractivity contribution in [3.05, 3.63) is 34.9 Å². The first kappa shape index (κ1) is 13.6. The van der Waals surface area contributed by atoms with Crippen LogP contribution in [0.25, 0.3) is 0 Å². The Kier molecular flexibility index (Phi) is 3.82. The normalized spacial score (nSPS) is 27.8. The van der Waals surface area contributed by atoms with Crippen LogP contribution in [0.5, 0.6) is 0 Å². The van der Waals surface area contributed by atoms with Crippen molar-refractivity contribution in [1.82, 2.24) is 0 Å². The molecular weight excluding hydrogens is 218 g/mol. The third kappa shape index (κ3) is 2.61. The monoisotopic (exact) mass is 245 g/mol. The molecule has 0 saturated heterocycles. The minimum Gasteiger partial charge on any atom is -0.321 e. The number of benzene rings is 1. The predicted octanol–water partition coefficient (Wildman–Crippen LogP) is 4.30. The molecule has 3 atom stereocenters. The highest BCUT2D eigenvalue weighted by atomic mass is 14.7. The number of hydrogen-bond donors (Lipinski definition) is 1. The fourth-order valence-corrected chi connectivity index (χ4v) is 3.29. The summed E-state index contributed by atoms with van der Waals surface area (Å²) in [6.07, 6.45) is 5.27. The maximum atomic E-state index is 6.69. The first-order valence-electron chi connectivity index (χ1n) is 7.28. The van der Waals surface area contributed by atoms with Crippen LogP contribution in [0.2, 0.25) is 0 Å². The Balaban J connectivity index is 2.25. The molecule has 1 nitrogen and oxygen atoms in total. The molecule has 1 aromatic carbocycles. The van der Waals surface area contributed by atoms with Crippen LogP contribution in [-0.2, 0) is 5.54 Å². The van der Waals surface area contributed by atoms with Gasteiger partial charge in [-0.15, -0.1) is 0 Å². The fraction of sp³-hybridized carbons (Fsp3) is 0.647. The molecule has 1 aliphatic rings. The number of aryl methyl sites for hydroxylation is 2. The van der Waals surface area contributed by atoms with E-state index in [1.807, 2.05) is 0 Å². The Morgan fingerprint density at radius 1 is 1.17 bits per heavy atom. The van der Waals surface area contributed by atoms with Gasteiger partial charge in [0, 0.05) is 5.54 Å². The molecule has 2 N–H and O–H groups in total. The molecule has 1 saturated carbocycles. The molecule has 0 spiro atoms. The van der Waals surface area contributed by atoms with E-state index in [0.29, 0.717) is 5.92 Å². The second-order valence-corrected chi connectivity index (χ2v) is 6.55. The van der Waals surface area contributed by atoms with Gasteiger partial charge in [0.15, 0.2) is 0 Å². The molecule has 2 rings (SSSR count). The first-order chi connectivity index (χ1) is 8.41. The van der Waals surface area contributed by atoms with E-state index in [1.54, 1.807) is 0 Å². The highest BCUT2D eigenvalue weighted by molar-refractivity contribution is 5.34. The zero-order valence-electron chi connectivity index (χ0n) is 12.3. The summed E-state index contributed by atoms with van der Waals surface area (Å²) in [5, 5.41) is 0. The summed E-state index contributed by atoms with van der Waals surface area (Å²) >= 11 is 0. The van der Waals surface area contributed by atoms with Gasteiger partial charge < -0.3 is 5.73 Å². The summed E-state index contributed by atoms with van der Waals surface area (Å²) in [5.74, 6) is 1.46. The number of rotatable bonds is 2. The molecule has 0 aromatic heterocycles. The van der Waals surface area contributed by atoms with Gasteiger partial charge in [-0.1, -0.05) is 38.0 Å². The zero-order chi connectivity index (χ0) is 13.3. The van der Waals surface area contributed by atoms with E-state index in [2.05, 4.69) is 45.9 Å². The minimum absolute atomic E-state index is 0.173. The summed E-state index contributed by atoms with van der Waals surface area (Å²) in [7, 11) is 0. The predicted molar refractivity (Wildman–Crippen MR) is 78.6 cm³/mol. The second-order valence-electron chi connectivity index (χ2n) is 6.55. The maximum absolute atomic E-state index is 6.69. The van der Waals surface area contributed by atoms with Gasteiger partial charge in [0.25, 0.3) is 0 Å². The van der Waals surface area contributed by atoms with Gasteiger partial charge in [0.05, 0.1) is 0 Å². The largest absolute Gasteiger partial charge is 0.321 e. The topological polar surface area (TPSA) is 26.0 Å². The SMILES string of the molecule is Cc1ccc(C(C)(N)C2CCCC(C)C2)cc1C. The molecule has 0 radical (unpaired) electrons. The fourth-order valence-electron chi connectivity index (χ4n) is 3.29. The number of nitrogens with two attached hydrogens (primary N) is 1. The quantitative estimate of drug-likeness (QED) is 0.826. The van der Waals surface area contributed by atoms with Crippen molar-refractivity contribution in [2.24, 2.45) is 17.6 Å². The molecule has 0 bridgehead atoms. The molecule has 0 heterocycles. The van der Waals surface area contributed by atoms with E-state index in [0.717, 1.165) is 5.92 Å². The van der Waals surface area contributed by atoms with Crippen LogP contribution >= 0.6 is 0 Å². The molecule has 18 heavy (non-hydrogen) atoms. The Labute approximate surface area is 112 Å². The molecule has 0 aliphatic heterocycles. The first-order valence-corrected chi connectivity index (χ1v) is 7.28. The van der Waals surface area contributed by atoms with Crippen LogP contribution in [0, 0.1) is 25.7 Å². The highest BCUT2D eigenvalue weighted by Crippen LogP contribution is 2.39. The van der Waals surface area contributed by atoms with Crippen LogP contribution in [0.15, 0.2) is 18.2 Å². The van der Waals surface area contributed by atoms with E-state index in [1.165, 1.54) is 42.4 Å². The zero-order valence-corrected chi connectivity index (χ0v) is 12.3. The number of hydrogen-bond acceptors (Lipinski definition) is 1. The van der Waals surface area contributed by atoms with Crippen molar-refractivity contribution in [3.8, 4) is 0 Å². The van der Waals surface area contributed by atoms with Crippen molar-refractivity contribution < 1.29 is 0 Å². The van der Waals surface area contributed by atoms with E-state index in [-0.39, 0.29) is 5.54 Å². The standard InChI is InChI=1S/C17H27N/c1-12-6-5-7-15(10-12)17(4,18)16-9-8-13(2)14(3)11-16/h8-9,11-12,15H,5-7,10,18H2,1-4H3. The Bertz CT molecular complexity index is 420. The van der Waals surface area contributed by atoms with E-state index < -0.39 is 0 Å². The maximum Gasteiger partial charge on any atom is 0.0409 e. The minimum atomic E-state index is -0.173. The van der Waals surface area contributed by atoms with Crippen molar-refractivity contribution >= 4 is 0 Å². The van der Waals surface area contributed by atoms with Gasteiger partial charge in [-0.3, -0.25) is 0 Å². The van der Waals surface area contributed by atoms with Gasteiger partial charge in [-0.05, 0) is 62.1 Å². The lowest BCUT2D eigenvalue weighted by atomic mass is 9.70. The lowest BCUT2D eigenvalue weighted by molar-refractivity contribution is 0.185. The molecule has 1 heteroatoms. The molecular formula is C17H27N. The van der Waals surface area contributed by atoms with Crippen molar-refractivity contribution in [1.29, 1.82) is 0 Å². The van der Waals surface area contributed by atoms with Crippen LogP contribution in [0.4, 0.5) is 0 Å². The summed E-state index contributed by atoms with van der Waals surface area (Å²) in [5.41, 5.74) is 10.5. The second kappa shape index (κ2) is 5.05. The Hall–Kier alpha value is -0.820. The van der Waals surface area contributed by atoms with Gasteiger partial charge in [0.1, 0.15) is 0 Å². The summed E-state index contributed by atoms with van der Waals surface area (Å²) in [4.78, 5) is 0. The van der Waals surface area contributed by atoms with E-state index >= 15 is 0 Å². The average Bonchev–Trinajstić information content (AvgIpc) is 2.32. The molecule has 1 aliphatic carbocycles. The Morgan fingerprint density at radius 3 is 2.50 bits per heavy atom. The third-order valence-electron chi connectivity index (χ3n) is 4.91. The Morgan fingerprint density at radius 2 is 1.89 bits per heavy atom. The van der Waals surface area contributed by atoms with Crippen LogP contribution in [0.3, 0.4) is 0 Å². The van der Waals surface area contributed by atoms with Crippen LogP contribution in [0.1, 0.15) is 56.2 Å². The highest BCUT2D eigenvalue weighted by Gasteiger charge is 2.34. The van der Waals surface area contributed by atoms with Crippen molar-refractivity contribution in [2.75, 3.05) is 0 Å². The summed E-state index contributed by atoms with van der Waals surface area (Å²) in [6, 6.07) is 6.72. The van der Waals surface area contributed by atoms with Gasteiger partial charge in [0.2, 0.25) is 0 Å². The average molecular weight is 245 g/mol. The van der Waals surface area contributed by atoms with Gasteiger partial charge in [-0.25, -0.2) is 0 Å². The lowest BCUT2D eigenvalue weighted by Crippen LogP contribution is -2.43. The van der Waals surface area contributed by atoms with Crippen molar-refractivity contribution in [3.63, 3.8) is 0 Å². The van der Waals surface area contributed by atoms with Gasteiger partial charge >= 0.3 is 0 Å². The summed E-state index contributed by atoms with van der Waals surface area (Å²) in [6.45, 7) is 8.93. The van der Waals surface area contributed by atoms with Gasteiger partial charge in [-0.2, -0.15) is 0 Å². The van der Waals surface area contributed by atoms with Crippen molar-refractivity contribution in [2.45, 2.75) is 58.9 Å². The van der Waals surface area contributed by atoms with E-state index in [9.17, 15) is 0 Å². The molecule has 0 amide bonds. The molecule has 1 fully saturated rings. The molecule has 1 aromatic rings. The summed E-state index contributed by atoms with van der Waals surface area (Å²) < 4.78 is 0. The van der Waals surface area contributed by atoms with Crippen LogP contribution < -0.4 is 5.73 Å². The smallest absolute Gasteiger partial charge is 0.0409 e.